The van der Waals surface area contributed by atoms with Gasteiger partial charge in [0.05, 0.1) is 16.2 Å². The number of rotatable bonds is 2. The molecule has 0 aliphatic heterocycles. The number of aryl methyl sites for hydroxylation is 1. The van der Waals surface area contributed by atoms with E-state index in [2.05, 4.69) is 4.98 Å². The predicted octanol–water partition coefficient (Wildman–Crippen LogP) is 4.61. The Bertz CT molecular complexity index is 774. The van der Waals surface area contributed by atoms with Gasteiger partial charge in [-0.05, 0) is 18.6 Å². The minimum Gasteiger partial charge on any atom is -0.353 e. The summed E-state index contributed by atoms with van der Waals surface area (Å²) in [4.78, 5) is 14.7. The van der Waals surface area contributed by atoms with Gasteiger partial charge in [0, 0.05) is 16.5 Å². The number of aromatic amines is 1. The number of nitrogens with one attached hydrogen (secondary N) is 1. The lowest BCUT2D eigenvalue weighted by molar-refractivity contribution is 0.112. The van der Waals surface area contributed by atoms with Crippen LogP contribution in [0.25, 0.3) is 22.2 Å². The molecule has 0 spiro atoms. The molecule has 2 nitrogen and oxygen atoms in total. The average molecular weight is 270 g/mol. The molecule has 0 aliphatic carbocycles. The van der Waals surface area contributed by atoms with Crippen molar-refractivity contribution in [3.63, 3.8) is 0 Å². The quantitative estimate of drug-likeness (QED) is 0.677. The van der Waals surface area contributed by atoms with Crippen LogP contribution in [0.5, 0.6) is 0 Å². The molecule has 0 saturated carbocycles. The average Bonchev–Trinajstić information content (AvgIpc) is 2.79. The van der Waals surface area contributed by atoms with Crippen molar-refractivity contribution in [1.82, 2.24) is 4.98 Å². The van der Waals surface area contributed by atoms with Crippen LogP contribution >= 0.6 is 11.6 Å². The van der Waals surface area contributed by atoms with Gasteiger partial charge in [-0.25, -0.2) is 0 Å². The molecule has 1 N–H and O–H groups in total. The van der Waals surface area contributed by atoms with Crippen LogP contribution in [0.2, 0.25) is 5.02 Å². The van der Waals surface area contributed by atoms with Crippen LogP contribution in [0.1, 0.15) is 15.9 Å². The zero-order chi connectivity index (χ0) is 13.4. The molecule has 0 aliphatic rings. The van der Waals surface area contributed by atoms with Crippen molar-refractivity contribution in [3.05, 3.63) is 58.6 Å². The van der Waals surface area contributed by atoms with Crippen LogP contribution in [0, 0.1) is 6.92 Å². The summed E-state index contributed by atoms with van der Waals surface area (Å²) in [6.07, 6.45) is 0.886. The SMILES string of the molecule is Cc1ccccc1-c1[nH]c2c(Cl)cccc2c1C=O. The van der Waals surface area contributed by atoms with Crippen molar-refractivity contribution in [3.8, 4) is 11.3 Å². The summed E-state index contributed by atoms with van der Waals surface area (Å²) in [6.45, 7) is 2.02. The summed E-state index contributed by atoms with van der Waals surface area (Å²) in [5, 5.41) is 1.49. The van der Waals surface area contributed by atoms with E-state index < -0.39 is 0 Å². The molecule has 19 heavy (non-hydrogen) atoms. The smallest absolute Gasteiger partial charge is 0.152 e. The number of halogens is 1. The maximum Gasteiger partial charge on any atom is 0.152 e. The first kappa shape index (κ1) is 12.0. The van der Waals surface area contributed by atoms with E-state index in [1.165, 1.54) is 0 Å². The molecule has 1 heterocycles. The Kier molecular flexibility index (Phi) is 2.88. The van der Waals surface area contributed by atoms with Crippen LogP contribution in [-0.2, 0) is 0 Å². The van der Waals surface area contributed by atoms with Crippen LogP contribution in [0.3, 0.4) is 0 Å². The van der Waals surface area contributed by atoms with Gasteiger partial charge < -0.3 is 4.98 Å². The molecule has 0 saturated heterocycles. The molecule has 3 rings (SSSR count). The summed E-state index contributed by atoms with van der Waals surface area (Å²) < 4.78 is 0. The molecular weight excluding hydrogens is 258 g/mol. The molecule has 0 atom stereocenters. The number of hydrogen-bond acceptors (Lipinski definition) is 1. The summed E-state index contributed by atoms with van der Waals surface area (Å²) in [6, 6.07) is 13.5. The van der Waals surface area contributed by atoms with E-state index in [4.69, 9.17) is 11.6 Å². The second-order valence-corrected chi connectivity index (χ2v) is 4.92. The molecule has 0 radical (unpaired) electrons. The van der Waals surface area contributed by atoms with Crippen molar-refractivity contribution >= 4 is 28.8 Å². The maximum atomic E-state index is 11.4. The van der Waals surface area contributed by atoms with Crippen molar-refractivity contribution < 1.29 is 4.79 Å². The van der Waals surface area contributed by atoms with E-state index in [0.717, 1.165) is 34.0 Å². The Hall–Kier alpha value is -2.06. The van der Waals surface area contributed by atoms with Crippen molar-refractivity contribution in [2.24, 2.45) is 0 Å². The molecule has 2 aromatic carbocycles. The van der Waals surface area contributed by atoms with E-state index in [9.17, 15) is 4.79 Å². The van der Waals surface area contributed by atoms with Gasteiger partial charge in [0.25, 0.3) is 0 Å². The number of aromatic nitrogens is 1. The summed E-state index contributed by atoms with van der Waals surface area (Å²) >= 11 is 6.18. The zero-order valence-electron chi connectivity index (χ0n) is 10.4. The molecular formula is C16H12ClNO. The highest BCUT2D eigenvalue weighted by Gasteiger charge is 2.15. The Balaban J connectivity index is 2.39. The highest BCUT2D eigenvalue weighted by Crippen LogP contribution is 2.33. The second-order valence-electron chi connectivity index (χ2n) is 4.51. The number of H-pyrrole nitrogens is 1. The number of aldehydes is 1. The van der Waals surface area contributed by atoms with E-state index in [1.54, 1.807) is 0 Å². The van der Waals surface area contributed by atoms with E-state index in [1.807, 2.05) is 49.4 Å². The fourth-order valence-electron chi connectivity index (χ4n) is 2.39. The summed E-state index contributed by atoms with van der Waals surface area (Å²) in [5.74, 6) is 0. The number of fused-ring (bicyclic) bond motifs is 1. The number of benzene rings is 2. The minimum atomic E-state index is 0.625. The van der Waals surface area contributed by atoms with Crippen LogP contribution in [0.4, 0.5) is 0 Å². The fraction of sp³-hybridized carbons (Fsp3) is 0.0625. The first-order chi connectivity index (χ1) is 9.22. The van der Waals surface area contributed by atoms with Gasteiger partial charge in [0.1, 0.15) is 0 Å². The van der Waals surface area contributed by atoms with Crippen LogP contribution in [-0.4, -0.2) is 11.3 Å². The lowest BCUT2D eigenvalue weighted by Crippen LogP contribution is -1.87. The lowest BCUT2D eigenvalue weighted by atomic mass is 10.0. The molecule has 0 unspecified atom stereocenters. The van der Waals surface area contributed by atoms with E-state index >= 15 is 0 Å². The second kappa shape index (κ2) is 4.56. The van der Waals surface area contributed by atoms with Crippen LogP contribution < -0.4 is 0 Å². The predicted molar refractivity (Wildman–Crippen MR) is 78.9 cm³/mol. The molecule has 3 aromatic rings. The van der Waals surface area contributed by atoms with Gasteiger partial charge in [0.2, 0.25) is 0 Å². The van der Waals surface area contributed by atoms with Gasteiger partial charge in [-0.1, -0.05) is 48.0 Å². The third-order valence-corrected chi connectivity index (χ3v) is 3.67. The molecule has 3 heteroatoms. The number of hydrogen-bond donors (Lipinski definition) is 1. The molecule has 0 fully saturated rings. The highest BCUT2D eigenvalue weighted by atomic mass is 35.5. The highest BCUT2D eigenvalue weighted by molar-refractivity contribution is 6.35. The standard InChI is InChI=1S/C16H12ClNO/c1-10-5-2-3-6-11(10)15-13(9-19)12-7-4-8-14(17)16(12)18-15/h2-9,18H,1H3. The molecule has 0 amide bonds. The Labute approximate surface area is 116 Å². The van der Waals surface area contributed by atoms with Crippen molar-refractivity contribution in [2.75, 3.05) is 0 Å². The summed E-state index contributed by atoms with van der Waals surface area (Å²) in [7, 11) is 0. The van der Waals surface area contributed by atoms with Gasteiger partial charge in [-0.2, -0.15) is 0 Å². The minimum absolute atomic E-state index is 0.625. The van der Waals surface area contributed by atoms with Crippen molar-refractivity contribution in [2.45, 2.75) is 6.92 Å². The molecule has 0 bridgehead atoms. The van der Waals surface area contributed by atoms with Crippen LogP contribution in [0.15, 0.2) is 42.5 Å². The van der Waals surface area contributed by atoms with E-state index in [-0.39, 0.29) is 0 Å². The van der Waals surface area contributed by atoms with Crippen molar-refractivity contribution in [1.29, 1.82) is 0 Å². The van der Waals surface area contributed by atoms with E-state index in [0.29, 0.717) is 10.6 Å². The lowest BCUT2D eigenvalue weighted by Gasteiger charge is -2.03. The first-order valence-electron chi connectivity index (χ1n) is 6.03. The number of carbonyl (C=O) groups is 1. The first-order valence-corrected chi connectivity index (χ1v) is 6.41. The topological polar surface area (TPSA) is 32.9 Å². The van der Waals surface area contributed by atoms with Gasteiger partial charge in [-0.15, -0.1) is 0 Å². The largest absolute Gasteiger partial charge is 0.353 e. The third kappa shape index (κ3) is 1.85. The molecule has 1 aromatic heterocycles. The zero-order valence-corrected chi connectivity index (χ0v) is 11.2. The Morgan fingerprint density at radius 1 is 1.11 bits per heavy atom. The Morgan fingerprint density at radius 2 is 1.89 bits per heavy atom. The normalized spacial score (nSPS) is 10.8. The fourth-order valence-corrected chi connectivity index (χ4v) is 2.61. The number of carbonyl (C=O) groups excluding carboxylic acids is 1. The maximum absolute atomic E-state index is 11.4. The Morgan fingerprint density at radius 3 is 2.63 bits per heavy atom. The van der Waals surface area contributed by atoms with Gasteiger partial charge in [0.15, 0.2) is 6.29 Å². The summed E-state index contributed by atoms with van der Waals surface area (Å²) in [5.41, 5.74) is 4.44. The van der Waals surface area contributed by atoms with Gasteiger partial charge in [-0.3, -0.25) is 4.79 Å². The third-order valence-electron chi connectivity index (χ3n) is 3.36. The monoisotopic (exact) mass is 269 g/mol. The van der Waals surface area contributed by atoms with Gasteiger partial charge >= 0.3 is 0 Å². The number of para-hydroxylation sites is 1. The molecule has 94 valence electrons.